The van der Waals surface area contributed by atoms with Crippen LogP contribution in [0.4, 0.5) is 0 Å². The first-order valence-corrected chi connectivity index (χ1v) is 8.00. The molecule has 128 valence electrons. The summed E-state index contributed by atoms with van der Waals surface area (Å²) in [6.07, 6.45) is 0.664. The van der Waals surface area contributed by atoms with Crippen LogP contribution >= 0.6 is 12.6 Å². The van der Waals surface area contributed by atoms with E-state index in [9.17, 15) is 10.1 Å². The number of aliphatic imine (C=N–C) groups is 1. The van der Waals surface area contributed by atoms with Crippen molar-refractivity contribution in [3.05, 3.63) is 23.3 Å². The molecule has 2 unspecified atom stereocenters. The summed E-state index contributed by atoms with van der Waals surface area (Å²) in [6, 6.07) is 5.42. The predicted octanol–water partition coefficient (Wildman–Crippen LogP) is 2.19. The van der Waals surface area contributed by atoms with Crippen LogP contribution < -0.4 is 9.47 Å². The Bertz CT molecular complexity index is 726. The largest absolute Gasteiger partial charge is 0.493 e. The van der Waals surface area contributed by atoms with Crippen LogP contribution in [0.15, 0.2) is 17.1 Å². The fraction of sp³-hybridized carbons (Fsp3) is 0.471. The van der Waals surface area contributed by atoms with E-state index in [1.807, 2.05) is 19.1 Å². The second kappa shape index (κ2) is 7.14. The lowest BCUT2D eigenvalue weighted by Gasteiger charge is -2.28. The number of hydrogen-bond donors (Lipinski definition) is 1. The van der Waals surface area contributed by atoms with Crippen LogP contribution in [0, 0.1) is 11.3 Å². The van der Waals surface area contributed by atoms with Gasteiger partial charge in [0.2, 0.25) is 4.75 Å². The van der Waals surface area contributed by atoms with Gasteiger partial charge in [-0.15, -0.1) is 12.6 Å². The Morgan fingerprint density at radius 3 is 2.58 bits per heavy atom. The van der Waals surface area contributed by atoms with Gasteiger partial charge in [0.05, 0.1) is 38.6 Å². The minimum absolute atomic E-state index is 0.0973. The second-order valence-electron chi connectivity index (χ2n) is 5.44. The molecule has 1 aromatic rings. The van der Waals surface area contributed by atoms with Gasteiger partial charge in [0.1, 0.15) is 0 Å². The average Bonchev–Trinajstić information content (AvgIpc) is 2.59. The monoisotopic (exact) mass is 348 g/mol. The maximum absolute atomic E-state index is 12.3. The summed E-state index contributed by atoms with van der Waals surface area (Å²) in [5, 5.41) is 9.61. The van der Waals surface area contributed by atoms with Crippen molar-refractivity contribution in [1.82, 2.24) is 0 Å². The van der Waals surface area contributed by atoms with E-state index in [2.05, 4.69) is 17.6 Å². The van der Waals surface area contributed by atoms with Gasteiger partial charge in [-0.25, -0.2) is 4.79 Å². The molecule has 0 saturated carbocycles. The minimum atomic E-state index is -1.78. The van der Waals surface area contributed by atoms with Crippen molar-refractivity contribution in [2.75, 3.05) is 20.8 Å². The highest BCUT2D eigenvalue weighted by Gasteiger charge is 2.45. The number of ether oxygens (including phenoxy) is 3. The zero-order valence-corrected chi connectivity index (χ0v) is 15.0. The highest BCUT2D eigenvalue weighted by Crippen LogP contribution is 2.37. The molecule has 0 saturated heterocycles. The number of esters is 1. The molecular formula is C17H20N2O4S. The van der Waals surface area contributed by atoms with E-state index >= 15 is 0 Å². The van der Waals surface area contributed by atoms with Gasteiger partial charge in [0.25, 0.3) is 0 Å². The molecule has 0 aromatic heterocycles. The molecule has 7 heteroatoms. The van der Waals surface area contributed by atoms with Gasteiger partial charge >= 0.3 is 5.97 Å². The molecule has 0 spiro atoms. The minimum Gasteiger partial charge on any atom is -0.493 e. The molecule has 0 bridgehead atoms. The number of thiol groups is 1. The molecule has 1 aliphatic rings. The molecule has 0 fully saturated rings. The van der Waals surface area contributed by atoms with Crippen molar-refractivity contribution < 1.29 is 19.0 Å². The number of hydrogen-bond acceptors (Lipinski definition) is 7. The Kier molecular flexibility index (Phi) is 5.40. The molecule has 0 N–H and O–H groups in total. The molecule has 24 heavy (non-hydrogen) atoms. The quantitative estimate of drug-likeness (QED) is 0.652. The Morgan fingerprint density at radius 1 is 1.42 bits per heavy atom. The number of methoxy groups -OCH3 is 2. The summed E-state index contributed by atoms with van der Waals surface area (Å²) in [6.45, 7) is 3.75. The first-order chi connectivity index (χ1) is 11.4. The van der Waals surface area contributed by atoms with Crippen LogP contribution in [0.1, 0.15) is 25.0 Å². The SMILES string of the molecule is CCOC(=O)C(S)(C#N)C1=NC(C)Cc2cc(OC)c(OC)cc21. The van der Waals surface area contributed by atoms with Gasteiger partial charge in [-0.3, -0.25) is 4.99 Å². The summed E-state index contributed by atoms with van der Waals surface area (Å²) in [5.74, 6) is 0.350. The maximum Gasteiger partial charge on any atom is 0.342 e. The third kappa shape index (κ3) is 3.06. The van der Waals surface area contributed by atoms with Crippen molar-refractivity contribution in [3.63, 3.8) is 0 Å². The molecule has 0 aliphatic carbocycles. The Labute approximate surface area is 146 Å². The van der Waals surface area contributed by atoms with E-state index in [1.54, 1.807) is 20.1 Å². The van der Waals surface area contributed by atoms with Crippen molar-refractivity contribution in [3.8, 4) is 17.6 Å². The number of nitrogens with zero attached hydrogens (tertiary/aromatic N) is 2. The van der Waals surface area contributed by atoms with Crippen molar-refractivity contribution in [2.45, 2.75) is 31.1 Å². The summed E-state index contributed by atoms with van der Waals surface area (Å²) >= 11 is 4.33. The third-order valence-electron chi connectivity index (χ3n) is 3.80. The van der Waals surface area contributed by atoms with Crippen LogP contribution in [0.2, 0.25) is 0 Å². The summed E-state index contributed by atoms with van der Waals surface area (Å²) in [4.78, 5) is 16.9. The fourth-order valence-electron chi connectivity index (χ4n) is 2.68. The molecule has 0 radical (unpaired) electrons. The molecule has 1 aromatic carbocycles. The zero-order chi connectivity index (χ0) is 17.9. The lowest BCUT2D eigenvalue weighted by Crippen LogP contribution is -2.44. The summed E-state index contributed by atoms with van der Waals surface area (Å²) < 4.78 is 13.9. The Hall–Kier alpha value is -2.20. The molecule has 0 amide bonds. The molecule has 2 rings (SSSR count). The van der Waals surface area contributed by atoms with E-state index in [4.69, 9.17) is 14.2 Å². The number of benzene rings is 1. The van der Waals surface area contributed by atoms with Gasteiger partial charge in [0.15, 0.2) is 11.5 Å². The van der Waals surface area contributed by atoms with E-state index in [1.165, 1.54) is 7.11 Å². The smallest absolute Gasteiger partial charge is 0.342 e. The summed E-state index contributed by atoms with van der Waals surface area (Å²) in [7, 11) is 3.08. The van der Waals surface area contributed by atoms with Crippen molar-refractivity contribution in [1.29, 1.82) is 5.26 Å². The first-order valence-electron chi connectivity index (χ1n) is 7.55. The number of carbonyl (C=O) groups is 1. The number of fused-ring (bicyclic) bond motifs is 1. The highest BCUT2D eigenvalue weighted by molar-refractivity contribution is 7.84. The first kappa shape index (κ1) is 18.1. The second-order valence-corrected chi connectivity index (χ2v) is 6.11. The van der Waals surface area contributed by atoms with Crippen molar-refractivity contribution in [2.24, 2.45) is 4.99 Å². The van der Waals surface area contributed by atoms with E-state index in [0.717, 1.165) is 5.56 Å². The van der Waals surface area contributed by atoms with Gasteiger partial charge in [-0.1, -0.05) is 0 Å². The van der Waals surface area contributed by atoms with Crippen LogP contribution in [0.3, 0.4) is 0 Å². The van der Waals surface area contributed by atoms with E-state index in [0.29, 0.717) is 23.5 Å². The van der Waals surface area contributed by atoms with Crippen LogP contribution in [-0.2, 0) is 16.0 Å². The Balaban J connectivity index is 2.64. The van der Waals surface area contributed by atoms with Gasteiger partial charge in [-0.05, 0) is 38.0 Å². The molecule has 2 atom stereocenters. The van der Waals surface area contributed by atoms with Crippen molar-refractivity contribution >= 4 is 24.3 Å². The fourth-order valence-corrected chi connectivity index (χ4v) is 2.93. The molecule has 6 nitrogen and oxygen atoms in total. The van der Waals surface area contributed by atoms with Gasteiger partial charge < -0.3 is 14.2 Å². The Morgan fingerprint density at radius 2 is 2.04 bits per heavy atom. The van der Waals surface area contributed by atoms with E-state index in [-0.39, 0.29) is 18.4 Å². The number of rotatable bonds is 5. The normalized spacial score (nSPS) is 18.5. The van der Waals surface area contributed by atoms with Crippen LogP contribution in [-0.4, -0.2) is 43.3 Å². The highest BCUT2D eigenvalue weighted by atomic mass is 32.1. The van der Waals surface area contributed by atoms with Crippen LogP contribution in [0.25, 0.3) is 0 Å². The number of nitriles is 1. The van der Waals surface area contributed by atoms with Gasteiger partial charge in [-0.2, -0.15) is 5.26 Å². The standard InChI is InChI=1S/C17H20N2O4S/c1-5-23-16(20)17(24,9-18)15-12-8-14(22-4)13(21-3)7-11(12)6-10(2)19-15/h7-8,10,24H,5-6H2,1-4H3. The van der Waals surface area contributed by atoms with Gasteiger partial charge in [0, 0.05) is 5.56 Å². The predicted molar refractivity (Wildman–Crippen MR) is 93.2 cm³/mol. The summed E-state index contributed by atoms with van der Waals surface area (Å²) in [5.41, 5.74) is 1.85. The third-order valence-corrected chi connectivity index (χ3v) is 4.30. The van der Waals surface area contributed by atoms with E-state index < -0.39 is 10.7 Å². The molecular weight excluding hydrogens is 328 g/mol. The lowest BCUT2D eigenvalue weighted by atomic mass is 9.87. The zero-order valence-electron chi connectivity index (χ0n) is 14.1. The number of carbonyl (C=O) groups excluding carboxylic acids is 1. The molecule has 1 aliphatic heterocycles. The molecule has 1 heterocycles. The topological polar surface area (TPSA) is 80.9 Å². The lowest BCUT2D eigenvalue weighted by molar-refractivity contribution is -0.142. The average molecular weight is 348 g/mol. The maximum atomic E-state index is 12.3. The van der Waals surface area contributed by atoms with Crippen LogP contribution in [0.5, 0.6) is 11.5 Å².